The van der Waals surface area contributed by atoms with Crippen LogP contribution in [0.4, 0.5) is 18.9 Å². The molecule has 0 aliphatic heterocycles. The van der Waals surface area contributed by atoms with Gasteiger partial charge in [-0.3, -0.25) is 19.4 Å². The number of nitrogens with one attached hydrogen (secondary N) is 2. The molecule has 0 aliphatic carbocycles. The third-order valence-corrected chi connectivity index (χ3v) is 5.34. The summed E-state index contributed by atoms with van der Waals surface area (Å²) in [5, 5.41) is 13.2. The number of carbonyl (C=O) groups is 3. The maximum absolute atomic E-state index is 13.0. The smallest absolute Gasteiger partial charge is 0.417 e. The van der Waals surface area contributed by atoms with Crippen molar-refractivity contribution < 1.29 is 37.4 Å². The first kappa shape index (κ1) is 27.5. The van der Waals surface area contributed by atoms with Gasteiger partial charge in [0, 0.05) is 24.4 Å². The van der Waals surface area contributed by atoms with E-state index in [1.807, 2.05) is 0 Å². The average Bonchev–Trinajstić information content (AvgIpc) is 2.83. The lowest BCUT2D eigenvalue weighted by molar-refractivity contribution is -0.139. The summed E-state index contributed by atoms with van der Waals surface area (Å²) in [6, 6.07) is 11.7. The van der Waals surface area contributed by atoms with Crippen molar-refractivity contribution in [1.29, 1.82) is 0 Å². The number of aryl methyl sites for hydroxylation is 1. The molecule has 0 bridgehead atoms. The zero-order chi connectivity index (χ0) is 27.2. The van der Waals surface area contributed by atoms with Crippen LogP contribution in [0.25, 0.3) is 0 Å². The minimum atomic E-state index is -4.64. The second kappa shape index (κ2) is 11.7. The van der Waals surface area contributed by atoms with Crippen LogP contribution in [0.2, 0.25) is 5.02 Å². The maximum atomic E-state index is 13.0. The first-order valence-electron chi connectivity index (χ1n) is 10.9. The fourth-order valence-electron chi connectivity index (χ4n) is 3.13. The van der Waals surface area contributed by atoms with Gasteiger partial charge in [-0.15, -0.1) is 0 Å². The minimum absolute atomic E-state index is 0.00519. The van der Waals surface area contributed by atoms with E-state index in [-0.39, 0.29) is 30.0 Å². The number of anilines is 1. The molecule has 3 N–H and O–H groups in total. The topological polar surface area (TPSA) is 118 Å². The lowest BCUT2D eigenvalue weighted by atomic mass is 10.1. The molecular weight excluding hydrogens is 515 g/mol. The Morgan fingerprint density at radius 1 is 1.08 bits per heavy atom. The zero-order valence-corrected chi connectivity index (χ0v) is 20.1. The molecule has 1 heterocycles. The van der Waals surface area contributed by atoms with E-state index < -0.39 is 40.6 Å². The van der Waals surface area contributed by atoms with Gasteiger partial charge in [-0.2, -0.15) is 13.2 Å². The van der Waals surface area contributed by atoms with E-state index in [0.717, 1.165) is 17.7 Å². The second-order valence-corrected chi connectivity index (χ2v) is 8.31. The summed E-state index contributed by atoms with van der Waals surface area (Å²) in [6.45, 7) is 1.32. The molecule has 0 saturated heterocycles. The number of carboxylic acid groups (broad SMARTS) is 1. The number of nitrogens with zero attached hydrogens (tertiary/aromatic N) is 1. The summed E-state index contributed by atoms with van der Waals surface area (Å²) in [7, 11) is 0. The monoisotopic (exact) mass is 535 g/mol. The van der Waals surface area contributed by atoms with E-state index in [9.17, 15) is 27.6 Å². The molecule has 0 fully saturated rings. The van der Waals surface area contributed by atoms with Crippen molar-refractivity contribution in [2.75, 3.05) is 5.32 Å². The molecule has 0 saturated carbocycles. The van der Waals surface area contributed by atoms with Crippen molar-refractivity contribution in [1.82, 2.24) is 10.3 Å². The van der Waals surface area contributed by atoms with Gasteiger partial charge in [0.05, 0.1) is 10.6 Å². The molecule has 12 heteroatoms. The number of hydrogen-bond donors (Lipinski definition) is 3. The minimum Gasteiger partial charge on any atom is -0.480 e. The number of rotatable bonds is 9. The van der Waals surface area contributed by atoms with E-state index in [1.54, 1.807) is 24.3 Å². The quantitative estimate of drug-likeness (QED) is 0.341. The fourth-order valence-corrected chi connectivity index (χ4v) is 3.36. The van der Waals surface area contributed by atoms with Gasteiger partial charge in [0.2, 0.25) is 5.91 Å². The van der Waals surface area contributed by atoms with Crippen LogP contribution in [0.15, 0.2) is 60.8 Å². The van der Waals surface area contributed by atoms with Crippen LogP contribution in [0.3, 0.4) is 0 Å². The van der Waals surface area contributed by atoms with Gasteiger partial charge in [0.25, 0.3) is 5.91 Å². The molecule has 2 aromatic carbocycles. The van der Waals surface area contributed by atoms with Gasteiger partial charge in [-0.1, -0.05) is 23.7 Å². The fraction of sp³-hybridized carbons (Fsp3) is 0.200. The van der Waals surface area contributed by atoms with E-state index in [0.29, 0.717) is 5.75 Å². The van der Waals surface area contributed by atoms with Gasteiger partial charge in [0.15, 0.2) is 0 Å². The molecule has 0 aliphatic rings. The number of aliphatic carboxylic acids is 1. The van der Waals surface area contributed by atoms with Crippen molar-refractivity contribution in [3.63, 3.8) is 0 Å². The summed E-state index contributed by atoms with van der Waals surface area (Å²) in [6.07, 6.45) is -3.03. The highest BCUT2D eigenvalue weighted by atomic mass is 35.5. The van der Waals surface area contributed by atoms with Crippen LogP contribution in [0, 0.1) is 0 Å². The number of alkyl halides is 3. The van der Waals surface area contributed by atoms with Crippen molar-refractivity contribution >= 4 is 35.1 Å². The van der Waals surface area contributed by atoms with Crippen LogP contribution < -0.4 is 15.4 Å². The summed E-state index contributed by atoms with van der Waals surface area (Å²) in [5.74, 6) is -1.67. The van der Waals surface area contributed by atoms with Crippen molar-refractivity contribution in [3.8, 4) is 11.5 Å². The zero-order valence-electron chi connectivity index (χ0n) is 19.3. The molecule has 0 spiro atoms. The van der Waals surface area contributed by atoms with Crippen molar-refractivity contribution in [3.05, 3.63) is 82.6 Å². The SMILES string of the molecule is CC(NC(=O)c1cc(Oc2cccc(CCC(=O)Nc3ccc(Cl)c(C(F)(F)F)c3)c2)ccn1)C(=O)O. The molecule has 3 rings (SSSR count). The molecule has 1 aromatic heterocycles. The number of benzene rings is 2. The highest BCUT2D eigenvalue weighted by Gasteiger charge is 2.33. The number of ether oxygens (including phenoxy) is 1. The van der Waals surface area contributed by atoms with E-state index in [1.165, 1.54) is 31.3 Å². The number of carboxylic acids is 1. The van der Waals surface area contributed by atoms with Crippen molar-refractivity contribution in [2.45, 2.75) is 32.0 Å². The number of halogens is 4. The normalized spacial score (nSPS) is 11.9. The largest absolute Gasteiger partial charge is 0.480 e. The Morgan fingerprint density at radius 2 is 1.81 bits per heavy atom. The van der Waals surface area contributed by atoms with E-state index >= 15 is 0 Å². The molecule has 0 radical (unpaired) electrons. The van der Waals surface area contributed by atoms with Crippen molar-refractivity contribution in [2.24, 2.45) is 0 Å². The Bertz CT molecular complexity index is 1320. The Hall–Kier alpha value is -4.12. The van der Waals surface area contributed by atoms with Crippen LogP contribution in [-0.2, 0) is 22.2 Å². The van der Waals surface area contributed by atoms with Crippen LogP contribution in [-0.4, -0.2) is 33.9 Å². The summed E-state index contributed by atoms with van der Waals surface area (Å²) in [5.41, 5.74) is -0.365. The number of hydrogen-bond acceptors (Lipinski definition) is 5. The Morgan fingerprint density at radius 3 is 2.51 bits per heavy atom. The molecule has 2 amide bonds. The molecule has 1 atom stereocenters. The number of aromatic nitrogens is 1. The third kappa shape index (κ3) is 7.94. The molecule has 194 valence electrons. The van der Waals surface area contributed by atoms with Gasteiger partial charge < -0.3 is 20.5 Å². The first-order valence-corrected chi connectivity index (χ1v) is 11.2. The Kier molecular flexibility index (Phi) is 8.72. The van der Waals surface area contributed by atoms with Crippen LogP contribution >= 0.6 is 11.6 Å². The van der Waals surface area contributed by atoms with Gasteiger partial charge in [-0.05, 0) is 55.3 Å². The predicted octanol–water partition coefficient (Wildman–Crippen LogP) is 5.32. The number of carbonyl (C=O) groups excluding carboxylic acids is 2. The maximum Gasteiger partial charge on any atom is 0.417 e. The summed E-state index contributed by atoms with van der Waals surface area (Å²) < 4.78 is 44.8. The Labute approximate surface area is 214 Å². The van der Waals surface area contributed by atoms with Crippen LogP contribution in [0.1, 0.15) is 35.0 Å². The van der Waals surface area contributed by atoms with Crippen LogP contribution in [0.5, 0.6) is 11.5 Å². The first-order chi connectivity index (χ1) is 17.4. The lowest BCUT2D eigenvalue weighted by Crippen LogP contribution is -2.38. The molecular formula is C25H21ClF3N3O5. The second-order valence-electron chi connectivity index (χ2n) is 7.90. The van der Waals surface area contributed by atoms with Gasteiger partial charge >= 0.3 is 12.1 Å². The molecule has 8 nitrogen and oxygen atoms in total. The highest BCUT2D eigenvalue weighted by Crippen LogP contribution is 2.36. The van der Waals surface area contributed by atoms with Gasteiger partial charge in [0.1, 0.15) is 23.2 Å². The van der Waals surface area contributed by atoms with E-state index in [2.05, 4.69) is 15.6 Å². The molecule has 1 unspecified atom stereocenters. The number of pyridine rings is 1. The summed E-state index contributed by atoms with van der Waals surface area (Å²) in [4.78, 5) is 39.3. The van der Waals surface area contributed by atoms with E-state index in [4.69, 9.17) is 21.4 Å². The predicted molar refractivity (Wildman–Crippen MR) is 129 cm³/mol. The van der Waals surface area contributed by atoms with Gasteiger partial charge in [-0.25, -0.2) is 0 Å². The number of amides is 2. The Balaban J connectivity index is 1.60. The molecule has 37 heavy (non-hydrogen) atoms. The molecule has 3 aromatic rings. The highest BCUT2D eigenvalue weighted by molar-refractivity contribution is 6.31. The standard InChI is InChI=1S/C25H21ClF3N3O5/c1-14(24(35)36)31-23(34)21-13-18(9-10-30-21)37-17-4-2-3-15(11-17)5-8-22(33)32-16-6-7-20(26)19(12-16)25(27,28)29/h2-4,6-7,9-14H,5,8H2,1H3,(H,31,34)(H,32,33)(H,35,36). The third-order valence-electron chi connectivity index (χ3n) is 5.01. The lowest BCUT2D eigenvalue weighted by Gasteiger charge is -2.12. The summed E-state index contributed by atoms with van der Waals surface area (Å²) >= 11 is 5.60. The average molecular weight is 536 g/mol.